The molecule has 188 valence electrons. The summed E-state index contributed by atoms with van der Waals surface area (Å²) in [6.07, 6.45) is 14.5. The molecule has 0 radical (unpaired) electrons. The summed E-state index contributed by atoms with van der Waals surface area (Å²) in [5.41, 5.74) is 2.90. The number of benzene rings is 2. The van der Waals surface area contributed by atoms with Gasteiger partial charge < -0.3 is 15.4 Å². The zero-order valence-electron chi connectivity index (χ0n) is 21.2. The Bertz CT molecular complexity index is 790. The summed E-state index contributed by atoms with van der Waals surface area (Å²) in [6.45, 7) is 4.77. The van der Waals surface area contributed by atoms with E-state index in [1.54, 1.807) is 7.11 Å². The second-order valence-electron chi connectivity index (χ2n) is 10.0. The van der Waals surface area contributed by atoms with E-state index in [1.165, 1.54) is 98.5 Å². The molecule has 34 heavy (non-hydrogen) atoms. The zero-order chi connectivity index (χ0) is 23.8. The minimum atomic E-state index is 0.886. The van der Waals surface area contributed by atoms with Gasteiger partial charge >= 0.3 is 0 Å². The molecule has 4 heteroatoms. The van der Waals surface area contributed by atoms with E-state index in [2.05, 4.69) is 81.8 Å². The Morgan fingerprint density at radius 3 is 1.94 bits per heavy atom. The van der Waals surface area contributed by atoms with Gasteiger partial charge in [-0.1, -0.05) is 42.8 Å². The van der Waals surface area contributed by atoms with Crippen LogP contribution in [0, 0.1) is 15.4 Å². The van der Waals surface area contributed by atoms with Gasteiger partial charge in [0.15, 0.2) is 0 Å². The highest BCUT2D eigenvalue weighted by molar-refractivity contribution is 14.1. The Hall–Kier alpha value is -1.11. The molecule has 0 bridgehead atoms. The first-order chi connectivity index (χ1) is 16.7. The molecule has 0 saturated heterocycles. The van der Waals surface area contributed by atoms with Crippen molar-refractivity contribution in [3.05, 3.63) is 63.2 Å². The van der Waals surface area contributed by atoms with Crippen molar-refractivity contribution in [1.82, 2.24) is 10.6 Å². The number of hydrogen-bond donors (Lipinski definition) is 2. The molecule has 1 fully saturated rings. The molecule has 0 aliphatic heterocycles. The topological polar surface area (TPSA) is 33.3 Å². The lowest BCUT2D eigenvalue weighted by Crippen LogP contribution is -2.31. The highest BCUT2D eigenvalue weighted by Crippen LogP contribution is 2.28. The summed E-state index contributed by atoms with van der Waals surface area (Å²) >= 11 is 2.36. The van der Waals surface area contributed by atoms with E-state index in [1.807, 2.05) is 0 Å². The number of hydrogen-bond acceptors (Lipinski definition) is 3. The van der Waals surface area contributed by atoms with Crippen LogP contribution in [0.2, 0.25) is 0 Å². The molecule has 2 N–H and O–H groups in total. The fraction of sp³-hybridized carbons (Fsp3) is 0.600. The van der Waals surface area contributed by atoms with E-state index in [4.69, 9.17) is 4.74 Å². The predicted molar refractivity (Wildman–Crippen MR) is 154 cm³/mol. The highest BCUT2D eigenvalue weighted by atomic mass is 127. The number of ether oxygens (including phenoxy) is 1. The smallest absolute Gasteiger partial charge is 0.132 e. The van der Waals surface area contributed by atoms with E-state index in [0.29, 0.717) is 0 Å². The van der Waals surface area contributed by atoms with Crippen molar-refractivity contribution in [2.24, 2.45) is 11.8 Å². The molecule has 0 atom stereocenters. The predicted octanol–water partition coefficient (Wildman–Crippen LogP) is 7.02. The maximum Gasteiger partial charge on any atom is 0.132 e. The van der Waals surface area contributed by atoms with Gasteiger partial charge in [-0.2, -0.15) is 0 Å². The minimum Gasteiger partial charge on any atom is -0.496 e. The first kappa shape index (κ1) is 27.5. The second kappa shape index (κ2) is 16.5. The molecule has 2 aromatic rings. The van der Waals surface area contributed by atoms with Crippen LogP contribution in [0.15, 0.2) is 48.5 Å². The van der Waals surface area contributed by atoms with E-state index < -0.39 is 0 Å². The second-order valence-corrected chi connectivity index (χ2v) is 11.2. The zero-order valence-corrected chi connectivity index (χ0v) is 23.3. The quantitative estimate of drug-likeness (QED) is 0.167. The number of unbranched alkanes of at least 4 members (excludes halogenated alkanes) is 3. The van der Waals surface area contributed by atoms with Crippen molar-refractivity contribution in [2.45, 2.75) is 70.6 Å². The number of aryl methyl sites for hydroxylation is 2. The summed E-state index contributed by atoms with van der Waals surface area (Å²) in [5.74, 6) is 2.76. The van der Waals surface area contributed by atoms with Gasteiger partial charge in [0.25, 0.3) is 0 Å². The maximum absolute atomic E-state index is 5.35. The SMILES string of the molecule is COc1ccc(CCCCNCC2CCC(CNCCCCCc3ccccc3)CC2)cc1I. The summed E-state index contributed by atoms with van der Waals surface area (Å²) in [6, 6.07) is 17.4. The molecule has 1 aliphatic rings. The maximum atomic E-state index is 5.35. The normalized spacial score (nSPS) is 18.2. The van der Waals surface area contributed by atoms with Crippen molar-refractivity contribution in [3.8, 4) is 5.75 Å². The lowest BCUT2D eigenvalue weighted by Gasteiger charge is -2.29. The summed E-state index contributed by atoms with van der Waals surface area (Å²) in [7, 11) is 1.74. The first-order valence-corrected chi connectivity index (χ1v) is 14.6. The number of nitrogens with one attached hydrogen (secondary N) is 2. The van der Waals surface area contributed by atoms with Crippen LogP contribution < -0.4 is 15.4 Å². The summed E-state index contributed by atoms with van der Waals surface area (Å²) < 4.78 is 6.56. The Balaban J connectivity index is 1.12. The number of halogens is 1. The van der Waals surface area contributed by atoms with Gasteiger partial charge in [-0.15, -0.1) is 0 Å². The molecule has 2 aromatic carbocycles. The Morgan fingerprint density at radius 2 is 1.32 bits per heavy atom. The van der Waals surface area contributed by atoms with Crippen LogP contribution in [0.1, 0.15) is 68.9 Å². The van der Waals surface area contributed by atoms with Gasteiger partial charge in [0.05, 0.1) is 10.7 Å². The standard InChI is InChI=1S/C30H45IN2O/c1-34-30-19-18-26(22-29(30)31)13-7-9-21-33-24-28-16-14-27(15-17-28)23-32-20-8-3-6-12-25-10-4-2-5-11-25/h2,4-5,10-11,18-19,22,27-28,32-33H,3,6-9,12-17,20-21,23-24H2,1H3. The first-order valence-electron chi connectivity index (χ1n) is 13.5. The average molecular weight is 577 g/mol. The van der Waals surface area contributed by atoms with Gasteiger partial charge in [-0.05, 0) is 148 Å². The summed E-state index contributed by atoms with van der Waals surface area (Å²) in [5, 5.41) is 7.47. The van der Waals surface area contributed by atoms with E-state index >= 15 is 0 Å². The molecule has 0 unspecified atom stereocenters. The highest BCUT2D eigenvalue weighted by Gasteiger charge is 2.20. The number of rotatable bonds is 16. The fourth-order valence-electron chi connectivity index (χ4n) is 5.10. The van der Waals surface area contributed by atoms with Crippen molar-refractivity contribution in [1.29, 1.82) is 0 Å². The Kier molecular flexibility index (Phi) is 13.4. The Morgan fingerprint density at radius 1 is 0.735 bits per heavy atom. The van der Waals surface area contributed by atoms with E-state index in [-0.39, 0.29) is 0 Å². The van der Waals surface area contributed by atoms with Crippen LogP contribution in [-0.4, -0.2) is 33.3 Å². The van der Waals surface area contributed by atoms with Crippen molar-refractivity contribution >= 4 is 22.6 Å². The van der Waals surface area contributed by atoms with Gasteiger partial charge in [0, 0.05) is 0 Å². The largest absolute Gasteiger partial charge is 0.496 e. The molecular formula is C30H45IN2O. The van der Waals surface area contributed by atoms with Crippen LogP contribution in [-0.2, 0) is 12.8 Å². The third-order valence-electron chi connectivity index (χ3n) is 7.28. The average Bonchev–Trinajstić information content (AvgIpc) is 2.87. The van der Waals surface area contributed by atoms with Crippen LogP contribution >= 0.6 is 22.6 Å². The molecule has 0 amide bonds. The monoisotopic (exact) mass is 576 g/mol. The van der Waals surface area contributed by atoms with Crippen molar-refractivity contribution in [2.75, 3.05) is 33.3 Å². The molecular weight excluding hydrogens is 531 g/mol. The molecule has 0 heterocycles. The van der Waals surface area contributed by atoms with Gasteiger partial charge in [0.1, 0.15) is 5.75 Å². The molecule has 3 rings (SSSR count). The van der Waals surface area contributed by atoms with Gasteiger partial charge in [0.2, 0.25) is 0 Å². The number of methoxy groups -OCH3 is 1. The van der Waals surface area contributed by atoms with Crippen LogP contribution in [0.4, 0.5) is 0 Å². The third kappa shape index (κ3) is 10.7. The Labute approximate surface area is 222 Å². The van der Waals surface area contributed by atoms with Crippen LogP contribution in [0.5, 0.6) is 5.75 Å². The lowest BCUT2D eigenvalue weighted by molar-refractivity contribution is 0.261. The van der Waals surface area contributed by atoms with Crippen LogP contribution in [0.25, 0.3) is 0 Å². The van der Waals surface area contributed by atoms with E-state index in [0.717, 1.165) is 30.6 Å². The summed E-state index contributed by atoms with van der Waals surface area (Å²) in [4.78, 5) is 0. The molecule has 0 aromatic heterocycles. The van der Waals surface area contributed by atoms with Crippen molar-refractivity contribution < 1.29 is 4.74 Å². The molecule has 1 aliphatic carbocycles. The molecule has 1 saturated carbocycles. The van der Waals surface area contributed by atoms with Crippen molar-refractivity contribution in [3.63, 3.8) is 0 Å². The van der Waals surface area contributed by atoms with E-state index in [9.17, 15) is 0 Å². The molecule has 3 nitrogen and oxygen atoms in total. The van der Waals surface area contributed by atoms with Gasteiger partial charge in [-0.3, -0.25) is 0 Å². The third-order valence-corrected chi connectivity index (χ3v) is 8.12. The molecule has 0 spiro atoms. The van der Waals surface area contributed by atoms with Gasteiger partial charge in [-0.25, -0.2) is 0 Å². The fourth-order valence-corrected chi connectivity index (χ4v) is 5.90. The van der Waals surface area contributed by atoms with Crippen LogP contribution in [0.3, 0.4) is 0 Å². The minimum absolute atomic E-state index is 0.886. The lowest BCUT2D eigenvalue weighted by atomic mass is 9.82.